The molecule has 6 nitrogen and oxygen atoms in total. The van der Waals surface area contributed by atoms with Gasteiger partial charge in [0.2, 0.25) is 0 Å². The SMILES string of the molecule is CN1CCN(CC#CCN2C(=O)C(Cl)=C(N3CCCCC3)C2=O)CC1. The number of halogens is 1. The average Bonchev–Trinajstić information content (AvgIpc) is 2.84. The van der Waals surface area contributed by atoms with E-state index in [1.165, 1.54) is 4.90 Å². The highest BCUT2D eigenvalue weighted by molar-refractivity contribution is 6.47. The first-order valence-corrected chi connectivity index (χ1v) is 9.33. The van der Waals surface area contributed by atoms with Crippen LogP contribution in [0.3, 0.4) is 0 Å². The van der Waals surface area contributed by atoms with Gasteiger partial charge in [0.05, 0.1) is 13.1 Å². The van der Waals surface area contributed by atoms with Gasteiger partial charge < -0.3 is 9.80 Å². The second-order valence-corrected chi connectivity index (χ2v) is 7.22. The largest absolute Gasteiger partial charge is 0.366 e. The van der Waals surface area contributed by atoms with Crippen LogP contribution in [0.15, 0.2) is 10.7 Å². The molecule has 2 fully saturated rings. The molecule has 0 unspecified atom stereocenters. The number of nitrogens with zero attached hydrogens (tertiary/aromatic N) is 4. The molecule has 0 radical (unpaired) electrons. The lowest BCUT2D eigenvalue weighted by Gasteiger charge is -2.30. The van der Waals surface area contributed by atoms with E-state index in [4.69, 9.17) is 11.6 Å². The van der Waals surface area contributed by atoms with E-state index in [0.717, 1.165) is 58.5 Å². The van der Waals surface area contributed by atoms with Gasteiger partial charge in [-0.3, -0.25) is 19.4 Å². The zero-order chi connectivity index (χ0) is 17.8. The number of likely N-dealkylation sites (N-methyl/N-ethyl adjacent to an activating group) is 1. The molecule has 136 valence electrons. The number of rotatable bonds is 3. The Morgan fingerprint density at radius 3 is 2.20 bits per heavy atom. The molecular formula is C18H25ClN4O2. The molecule has 0 aromatic carbocycles. The van der Waals surface area contributed by atoms with Gasteiger partial charge in [-0.05, 0) is 26.3 Å². The summed E-state index contributed by atoms with van der Waals surface area (Å²) in [5.41, 5.74) is 0.368. The van der Waals surface area contributed by atoms with Crippen molar-refractivity contribution in [3.63, 3.8) is 0 Å². The van der Waals surface area contributed by atoms with Gasteiger partial charge in [-0.1, -0.05) is 23.4 Å². The van der Waals surface area contributed by atoms with Gasteiger partial charge in [0, 0.05) is 39.3 Å². The highest BCUT2D eigenvalue weighted by Gasteiger charge is 2.40. The summed E-state index contributed by atoms with van der Waals surface area (Å²) in [5, 5.41) is 0.0489. The Morgan fingerprint density at radius 2 is 1.52 bits per heavy atom. The maximum Gasteiger partial charge on any atom is 0.279 e. The van der Waals surface area contributed by atoms with E-state index in [-0.39, 0.29) is 17.5 Å². The number of amides is 2. The molecule has 3 rings (SSSR count). The monoisotopic (exact) mass is 364 g/mol. The molecule has 0 aliphatic carbocycles. The number of likely N-dealkylation sites (tertiary alicyclic amines) is 1. The van der Waals surface area contributed by atoms with Gasteiger partial charge >= 0.3 is 0 Å². The van der Waals surface area contributed by atoms with Crippen molar-refractivity contribution in [1.29, 1.82) is 0 Å². The lowest BCUT2D eigenvalue weighted by Crippen LogP contribution is -2.44. The lowest BCUT2D eigenvalue weighted by atomic mass is 10.1. The van der Waals surface area contributed by atoms with Gasteiger partial charge in [0.15, 0.2) is 0 Å². The van der Waals surface area contributed by atoms with E-state index < -0.39 is 5.91 Å². The Labute approximate surface area is 154 Å². The number of carbonyl (C=O) groups is 2. The Bertz CT molecular complexity index is 623. The summed E-state index contributed by atoms with van der Waals surface area (Å²) in [5.74, 6) is 5.33. The molecule has 0 N–H and O–H groups in total. The molecule has 0 spiro atoms. The maximum absolute atomic E-state index is 12.6. The van der Waals surface area contributed by atoms with Crippen LogP contribution in [0, 0.1) is 11.8 Å². The Hall–Kier alpha value is -1.55. The van der Waals surface area contributed by atoms with Crippen LogP contribution in [0.5, 0.6) is 0 Å². The number of imide groups is 1. The van der Waals surface area contributed by atoms with Gasteiger partial charge in [-0.2, -0.15) is 0 Å². The fraction of sp³-hybridized carbons (Fsp3) is 0.667. The molecule has 25 heavy (non-hydrogen) atoms. The Morgan fingerprint density at radius 1 is 0.880 bits per heavy atom. The van der Waals surface area contributed by atoms with Gasteiger partial charge in [-0.15, -0.1) is 0 Å². The van der Waals surface area contributed by atoms with Crippen LogP contribution in [0.25, 0.3) is 0 Å². The van der Waals surface area contributed by atoms with Crippen LogP contribution in [0.1, 0.15) is 19.3 Å². The van der Waals surface area contributed by atoms with Crippen molar-refractivity contribution in [1.82, 2.24) is 19.6 Å². The molecule has 2 saturated heterocycles. The molecule has 0 saturated carbocycles. The van der Waals surface area contributed by atoms with Crippen LogP contribution >= 0.6 is 11.6 Å². The predicted molar refractivity (Wildman–Crippen MR) is 96.7 cm³/mol. The van der Waals surface area contributed by atoms with E-state index in [2.05, 4.69) is 28.7 Å². The van der Waals surface area contributed by atoms with Crippen molar-refractivity contribution in [2.45, 2.75) is 19.3 Å². The highest BCUT2D eigenvalue weighted by atomic mass is 35.5. The van der Waals surface area contributed by atoms with Crippen molar-refractivity contribution < 1.29 is 9.59 Å². The van der Waals surface area contributed by atoms with Crippen LogP contribution in [0.2, 0.25) is 0 Å². The minimum Gasteiger partial charge on any atom is -0.366 e. The van der Waals surface area contributed by atoms with E-state index >= 15 is 0 Å². The van der Waals surface area contributed by atoms with E-state index in [0.29, 0.717) is 12.2 Å². The van der Waals surface area contributed by atoms with Crippen molar-refractivity contribution in [3.05, 3.63) is 10.7 Å². The third-order valence-electron chi connectivity index (χ3n) is 5.02. The third-order valence-corrected chi connectivity index (χ3v) is 5.36. The van der Waals surface area contributed by atoms with Gasteiger partial charge in [-0.25, -0.2) is 0 Å². The normalized spacial score (nSPS) is 23.3. The molecule has 3 aliphatic heterocycles. The Balaban J connectivity index is 1.55. The summed E-state index contributed by atoms with van der Waals surface area (Å²) in [6.45, 7) is 6.44. The smallest absolute Gasteiger partial charge is 0.279 e. The van der Waals surface area contributed by atoms with Crippen LogP contribution in [-0.2, 0) is 9.59 Å². The predicted octanol–water partition coefficient (Wildman–Crippen LogP) is 0.542. The van der Waals surface area contributed by atoms with Crippen LogP contribution in [-0.4, -0.2) is 90.8 Å². The molecule has 0 aromatic heterocycles. The van der Waals surface area contributed by atoms with Crippen LogP contribution < -0.4 is 0 Å². The minimum absolute atomic E-state index is 0.0489. The summed E-state index contributed by atoms with van der Waals surface area (Å²) < 4.78 is 0. The Kier molecular flexibility index (Phi) is 6.00. The first-order chi connectivity index (χ1) is 12.1. The van der Waals surface area contributed by atoms with E-state index in [1.807, 2.05) is 4.90 Å². The minimum atomic E-state index is -0.416. The molecule has 3 aliphatic rings. The molecule has 0 aromatic rings. The first-order valence-electron chi connectivity index (χ1n) is 8.95. The zero-order valence-electron chi connectivity index (χ0n) is 14.8. The first kappa shape index (κ1) is 18.2. The molecule has 7 heteroatoms. The van der Waals surface area contributed by atoms with Gasteiger partial charge in [0.25, 0.3) is 11.8 Å². The number of piperidine rings is 1. The van der Waals surface area contributed by atoms with Crippen molar-refractivity contribution in [2.75, 3.05) is 59.4 Å². The van der Waals surface area contributed by atoms with E-state index in [1.54, 1.807) is 0 Å². The topological polar surface area (TPSA) is 47.1 Å². The average molecular weight is 365 g/mol. The zero-order valence-corrected chi connectivity index (χ0v) is 15.5. The van der Waals surface area contributed by atoms with Crippen LogP contribution in [0.4, 0.5) is 0 Å². The van der Waals surface area contributed by atoms with Crippen molar-refractivity contribution in [2.24, 2.45) is 0 Å². The molecule has 0 bridgehead atoms. The molecule has 2 amide bonds. The van der Waals surface area contributed by atoms with Crippen molar-refractivity contribution >= 4 is 23.4 Å². The highest BCUT2D eigenvalue weighted by Crippen LogP contribution is 2.28. The van der Waals surface area contributed by atoms with E-state index in [9.17, 15) is 9.59 Å². The quantitative estimate of drug-likeness (QED) is 0.540. The standard InChI is InChI=1S/C18H25ClN4O2/c1-20-11-13-21(14-12-20)7-5-6-10-23-17(24)15(19)16(18(23)25)22-8-3-2-4-9-22/h2-4,7-14H2,1H3. The maximum atomic E-state index is 12.6. The molecule has 3 heterocycles. The molecular weight excluding hydrogens is 340 g/mol. The summed E-state index contributed by atoms with van der Waals surface area (Å²) >= 11 is 6.16. The summed E-state index contributed by atoms with van der Waals surface area (Å²) in [4.78, 5) is 32.6. The second kappa shape index (κ2) is 8.22. The fourth-order valence-corrected chi connectivity index (χ4v) is 3.68. The number of piperazine rings is 1. The fourth-order valence-electron chi connectivity index (χ4n) is 3.38. The lowest BCUT2D eigenvalue weighted by molar-refractivity contribution is -0.137. The second-order valence-electron chi connectivity index (χ2n) is 6.84. The van der Waals surface area contributed by atoms with Gasteiger partial charge in [0.1, 0.15) is 10.7 Å². The van der Waals surface area contributed by atoms with Crippen molar-refractivity contribution in [3.8, 4) is 11.8 Å². The summed E-state index contributed by atoms with van der Waals surface area (Å²) in [6.07, 6.45) is 3.21. The summed E-state index contributed by atoms with van der Waals surface area (Å²) in [6, 6.07) is 0. The molecule has 0 atom stereocenters. The summed E-state index contributed by atoms with van der Waals surface area (Å²) in [7, 11) is 2.12. The number of hydrogen-bond donors (Lipinski definition) is 0. The number of carbonyl (C=O) groups excluding carboxylic acids is 2. The number of hydrogen-bond acceptors (Lipinski definition) is 5. The third kappa shape index (κ3) is 4.17.